The summed E-state index contributed by atoms with van der Waals surface area (Å²) < 4.78 is 0. The smallest absolute Gasteiger partial charge is 0.00608 e. The van der Waals surface area contributed by atoms with Gasteiger partial charge in [-0.3, -0.25) is 0 Å². The third-order valence-electron chi connectivity index (χ3n) is 2.28. The van der Waals surface area contributed by atoms with Crippen molar-refractivity contribution in [2.75, 3.05) is 14.1 Å². The number of rotatable bonds is 5. The Kier molecular flexibility index (Phi) is 5.57. The van der Waals surface area contributed by atoms with Gasteiger partial charge in [-0.05, 0) is 33.4 Å². The van der Waals surface area contributed by atoms with Crippen LogP contribution in [-0.2, 0) is 0 Å². The molecule has 0 aromatic carbocycles. The third kappa shape index (κ3) is 6.36. The van der Waals surface area contributed by atoms with Gasteiger partial charge in [0.2, 0.25) is 0 Å². The van der Waals surface area contributed by atoms with Crippen LogP contribution in [0.5, 0.6) is 0 Å². The first-order valence-electron chi connectivity index (χ1n) is 4.70. The third-order valence-corrected chi connectivity index (χ3v) is 2.28. The maximum atomic E-state index is 2.29. The fraction of sp³-hybridized carbons (Fsp3) is 1.00. The molecular formula is C10H23N. The van der Waals surface area contributed by atoms with Crippen molar-refractivity contribution in [2.24, 2.45) is 5.92 Å². The van der Waals surface area contributed by atoms with Crippen LogP contribution in [-0.4, -0.2) is 25.0 Å². The molecule has 0 amide bonds. The minimum Gasteiger partial charge on any atom is -0.307 e. The van der Waals surface area contributed by atoms with Crippen molar-refractivity contribution in [3.63, 3.8) is 0 Å². The Hall–Kier alpha value is -0.0400. The highest BCUT2D eigenvalue weighted by atomic mass is 15.1. The van der Waals surface area contributed by atoms with E-state index in [9.17, 15) is 0 Å². The fourth-order valence-corrected chi connectivity index (χ4v) is 1.08. The van der Waals surface area contributed by atoms with Gasteiger partial charge in [-0.25, -0.2) is 0 Å². The molecule has 1 unspecified atom stereocenters. The Morgan fingerprint density at radius 1 is 1.00 bits per heavy atom. The molecule has 0 fully saturated rings. The molecule has 1 atom stereocenters. The van der Waals surface area contributed by atoms with Crippen LogP contribution >= 0.6 is 0 Å². The highest BCUT2D eigenvalue weighted by Gasteiger charge is 2.03. The highest BCUT2D eigenvalue weighted by molar-refractivity contribution is 4.59. The molecule has 0 bridgehead atoms. The minimum absolute atomic E-state index is 0.744. The van der Waals surface area contributed by atoms with Crippen LogP contribution in [0.3, 0.4) is 0 Å². The molecule has 68 valence electrons. The lowest BCUT2D eigenvalue weighted by Gasteiger charge is -2.19. The van der Waals surface area contributed by atoms with Crippen LogP contribution in [0.2, 0.25) is 0 Å². The summed E-state index contributed by atoms with van der Waals surface area (Å²) in [5.41, 5.74) is 0. The van der Waals surface area contributed by atoms with E-state index in [0.29, 0.717) is 0 Å². The summed E-state index contributed by atoms with van der Waals surface area (Å²) >= 11 is 0. The van der Waals surface area contributed by atoms with Crippen LogP contribution in [0.4, 0.5) is 0 Å². The number of hydrogen-bond donors (Lipinski definition) is 0. The summed E-state index contributed by atoms with van der Waals surface area (Å²) in [6, 6.07) is 0.744. The van der Waals surface area contributed by atoms with Crippen LogP contribution in [0.25, 0.3) is 0 Å². The van der Waals surface area contributed by atoms with Crippen LogP contribution < -0.4 is 0 Å². The van der Waals surface area contributed by atoms with E-state index in [1.807, 2.05) is 0 Å². The van der Waals surface area contributed by atoms with Crippen molar-refractivity contribution in [2.45, 2.75) is 46.1 Å². The lowest BCUT2D eigenvalue weighted by atomic mass is 10.0. The lowest BCUT2D eigenvalue weighted by molar-refractivity contribution is 0.288. The maximum Gasteiger partial charge on any atom is 0.00608 e. The zero-order valence-corrected chi connectivity index (χ0v) is 8.72. The molecule has 1 nitrogen and oxygen atoms in total. The summed E-state index contributed by atoms with van der Waals surface area (Å²) in [5.74, 6) is 0.865. The van der Waals surface area contributed by atoms with E-state index in [2.05, 4.69) is 39.8 Å². The highest BCUT2D eigenvalue weighted by Crippen LogP contribution is 2.09. The molecule has 0 N–H and O–H groups in total. The van der Waals surface area contributed by atoms with Crippen LogP contribution in [0.15, 0.2) is 0 Å². The summed E-state index contributed by atoms with van der Waals surface area (Å²) in [7, 11) is 4.31. The van der Waals surface area contributed by atoms with E-state index < -0.39 is 0 Å². The van der Waals surface area contributed by atoms with Gasteiger partial charge >= 0.3 is 0 Å². The Labute approximate surface area is 71.8 Å². The Morgan fingerprint density at radius 3 is 1.91 bits per heavy atom. The minimum atomic E-state index is 0.744. The van der Waals surface area contributed by atoms with Gasteiger partial charge in [-0.15, -0.1) is 0 Å². The predicted molar refractivity (Wildman–Crippen MR) is 51.8 cm³/mol. The van der Waals surface area contributed by atoms with Gasteiger partial charge in [0.25, 0.3) is 0 Å². The lowest BCUT2D eigenvalue weighted by Crippen LogP contribution is -2.24. The molecular weight excluding hydrogens is 134 g/mol. The van der Waals surface area contributed by atoms with Crippen molar-refractivity contribution in [3.8, 4) is 0 Å². The molecule has 1 heteroatoms. The van der Waals surface area contributed by atoms with Crippen molar-refractivity contribution in [3.05, 3.63) is 0 Å². The molecule has 0 aliphatic heterocycles. The average molecular weight is 157 g/mol. The average Bonchev–Trinajstić information content (AvgIpc) is 1.86. The molecule has 0 aromatic rings. The van der Waals surface area contributed by atoms with Gasteiger partial charge < -0.3 is 4.90 Å². The molecule has 0 saturated carbocycles. The second-order valence-electron chi connectivity index (χ2n) is 4.14. The van der Waals surface area contributed by atoms with Crippen molar-refractivity contribution >= 4 is 0 Å². The first kappa shape index (κ1) is 11.0. The summed E-state index contributed by atoms with van der Waals surface area (Å²) in [5, 5.41) is 0. The molecule has 0 aliphatic rings. The van der Waals surface area contributed by atoms with E-state index in [1.165, 1.54) is 19.3 Å². The molecule has 0 spiro atoms. The quantitative estimate of drug-likeness (QED) is 0.593. The van der Waals surface area contributed by atoms with Crippen molar-refractivity contribution in [1.82, 2.24) is 4.90 Å². The first-order chi connectivity index (χ1) is 5.04. The second-order valence-corrected chi connectivity index (χ2v) is 4.14. The van der Waals surface area contributed by atoms with Gasteiger partial charge in [-0.2, -0.15) is 0 Å². The van der Waals surface area contributed by atoms with Crippen LogP contribution in [0.1, 0.15) is 40.0 Å². The monoisotopic (exact) mass is 157 g/mol. The summed E-state index contributed by atoms with van der Waals surface area (Å²) in [4.78, 5) is 2.29. The predicted octanol–water partition coefficient (Wildman–Crippen LogP) is 2.76. The van der Waals surface area contributed by atoms with E-state index >= 15 is 0 Å². The number of nitrogens with zero attached hydrogens (tertiary/aromatic N) is 1. The Morgan fingerprint density at radius 2 is 1.55 bits per heavy atom. The zero-order valence-electron chi connectivity index (χ0n) is 8.72. The zero-order chi connectivity index (χ0) is 8.85. The molecule has 0 aliphatic carbocycles. The SMILES string of the molecule is CC(C)CCCC(C)N(C)C. The van der Waals surface area contributed by atoms with Crippen molar-refractivity contribution < 1.29 is 0 Å². The standard InChI is InChI=1S/C10H23N/c1-9(2)7-6-8-10(3)11(4)5/h9-10H,6-8H2,1-5H3. The van der Waals surface area contributed by atoms with E-state index in [4.69, 9.17) is 0 Å². The van der Waals surface area contributed by atoms with Gasteiger partial charge in [0.05, 0.1) is 0 Å². The van der Waals surface area contributed by atoms with E-state index in [1.54, 1.807) is 0 Å². The van der Waals surface area contributed by atoms with Gasteiger partial charge in [0.1, 0.15) is 0 Å². The number of hydrogen-bond acceptors (Lipinski definition) is 1. The second kappa shape index (κ2) is 5.59. The molecule has 0 saturated heterocycles. The van der Waals surface area contributed by atoms with Crippen LogP contribution in [0, 0.1) is 5.92 Å². The Bertz CT molecular complexity index is 86.9. The topological polar surface area (TPSA) is 3.24 Å². The molecule has 0 heterocycles. The van der Waals surface area contributed by atoms with E-state index in [0.717, 1.165) is 12.0 Å². The fourth-order valence-electron chi connectivity index (χ4n) is 1.08. The maximum absolute atomic E-state index is 2.29. The summed E-state index contributed by atoms with van der Waals surface area (Å²) in [6.45, 7) is 6.88. The van der Waals surface area contributed by atoms with E-state index in [-0.39, 0.29) is 0 Å². The normalized spacial score (nSPS) is 14.5. The largest absolute Gasteiger partial charge is 0.307 e. The van der Waals surface area contributed by atoms with Gasteiger partial charge in [-0.1, -0.05) is 26.7 Å². The van der Waals surface area contributed by atoms with Crippen molar-refractivity contribution in [1.29, 1.82) is 0 Å². The molecule has 11 heavy (non-hydrogen) atoms. The first-order valence-corrected chi connectivity index (χ1v) is 4.70. The molecule has 0 radical (unpaired) electrons. The van der Waals surface area contributed by atoms with Gasteiger partial charge in [0.15, 0.2) is 0 Å². The molecule has 0 aromatic heterocycles. The van der Waals surface area contributed by atoms with Gasteiger partial charge in [0, 0.05) is 6.04 Å². The molecule has 0 rings (SSSR count). The summed E-state index contributed by atoms with van der Waals surface area (Å²) in [6.07, 6.45) is 4.08. The Balaban J connectivity index is 3.24.